The summed E-state index contributed by atoms with van der Waals surface area (Å²) in [4.78, 5) is 1.57. The molecule has 2 nitrogen and oxygen atoms in total. The lowest BCUT2D eigenvalue weighted by atomic mass is 10.2. The van der Waals surface area contributed by atoms with Crippen LogP contribution in [-0.4, -0.2) is 20.0 Å². The quantitative estimate of drug-likeness (QED) is 0.634. The lowest BCUT2D eigenvalue weighted by Crippen LogP contribution is -1.91. The number of rotatable bonds is 7. The second-order valence-corrected chi connectivity index (χ2v) is 6.41. The maximum absolute atomic E-state index is 12.5. The average molecular weight is 342 g/mol. The third-order valence-corrected chi connectivity index (χ3v) is 4.76. The smallest absolute Gasteiger partial charge is 0.289 e. The van der Waals surface area contributed by atoms with Crippen molar-refractivity contribution < 1.29 is 18.3 Å². The van der Waals surface area contributed by atoms with Gasteiger partial charge in [-0.1, -0.05) is 17.8 Å². The molecular weight excluding hydrogens is 326 g/mol. The molecule has 0 aromatic heterocycles. The zero-order valence-corrected chi connectivity index (χ0v) is 13.8. The molecule has 118 valence electrons. The first-order valence-electron chi connectivity index (χ1n) is 6.51. The number of benzene rings is 2. The minimum atomic E-state index is -2.45. The molecule has 0 spiro atoms. The first-order chi connectivity index (χ1) is 10.6. The highest BCUT2D eigenvalue weighted by Gasteiger charge is 2.11. The molecule has 0 aliphatic heterocycles. The summed E-state index contributed by atoms with van der Waals surface area (Å²) in [6.45, 7) is 0. The molecule has 0 radical (unpaired) electrons. The minimum Gasteiger partial charge on any atom is -0.497 e. The van der Waals surface area contributed by atoms with Crippen LogP contribution >= 0.6 is 23.5 Å². The number of methoxy groups -OCH3 is 2. The summed E-state index contributed by atoms with van der Waals surface area (Å²) in [7, 11) is 3.12. The Bertz CT molecular complexity index is 604. The summed E-state index contributed by atoms with van der Waals surface area (Å²) in [6, 6.07) is 13.1. The van der Waals surface area contributed by atoms with Crippen LogP contribution in [0.15, 0.2) is 52.3 Å². The number of halogens is 2. The van der Waals surface area contributed by atoms with E-state index in [-0.39, 0.29) is 0 Å². The van der Waals surface area contributed by atoms with E-state index in [0.29, 0.717) is 22.4 Å². The summed E-state index contributed by atoms with van der Waals surface area (Å²) in [5.74, 6) is -0.409. The zero-order valence-electron chi connectivity index (χ0n) is 12.2. The van der Waals surface area contributed by atoms with Gasteiger partial charge in [-0.25, -0.2) is 0 Å². The number of hydrogen-bond acceptors (Lipinski definition) is 4. The SMILES string of the molecule is COc1ccc(SCc2ccc(SC(F)F)c(OC)c2)cc1. The van der Waals surface area contributed by atoms with Gasteiger partial charge in [0.25, 0.3) is 5.76 Å². The first kappa shape index (κ1) is 17.0. The maximum atomic E-state index is 12.5. The molecule has 2 aromatic carbocycles. The number of ether oxygens (including phenoxy) is 2. The molecule has 0 fully saturated rings. The molecular formula is C16H16F2O2S2. The Balaban J connectivity index is 2.02. The predicted molar refractivity (Wildman–Crippen MR) is 87.4 cm³/mol. The van der Waals surface area contributed by atoms with Crippen molar-refractivity contribution >= 4 is 23.5 Å². The summed E-state index contributed by atoms with van der Waals surface area (Å²) < 4.78 is 35.2. The Morgan fingerprint density at radius 3 is 2.32 bits per heavy atom. The molecule has 0 atom stereocenters. The van der Waals surface area contributed by atoms with E-state index in [4.69, 9.17) is 9.47 Å². The second kappa shape index (κ2) is 8.29. The van der Waals surface area contributed by atoms with Crippen molar-refractivity contribution in [2.45, 2.75) is 21.3 Å². The highest BCUT2D eigenvalue weighted by Crippen LogP contribution is 2.35. The number of alkyl halides is 2. The van der Waals surface area contributed by atoms with Crippen molar-refractivity contribution in [3.8, 4) is 11.5 Å². The van der Waals surface area contributed by atoms with Gasteiger partial charge in [0.15, 0.2) is 0 Å². The Morgan fingerprint density at radius 1 is 1.00 bits per heavy atom. The van der Waals surface area contributed by atoms with E-state index in [1.807, 2.05) is 30.3 Å². The first-order valence-corrected chi connectivity index (χ1v) is 8.37. The molecule has 0 amide bonds. The van der Waals surface area contributed by atoms with Gasteiger partial charge in [-0.15, -0.1) is 11.8 Å². The van der Waals surface area contributed by atoms with E-state index in [9.17, 15) is 8.78 Å². The highest BCUT2D eigenvalue weighted by atomic mass is 32.2. The molecule has 0 saturated heterocycles. The Hall–Kier alpha value is -1.40. The van der Waals surface area contributed by atoms with E-state index in [2.05, 4.69) is 0 Å². The van der Waals surface area contributed by atoms with Crippen LogP contribution in [0, 0.1) is 0 Å². The van der Waals surface area contributed by atoms with E-state index in [1.54, 1.807) is 31.0 Å². The van der Waals surface area contributed by atoms with Crippen LogP contribution in [0.5, 0.6) is 11.5 Å². The summed E-state index contributed by atoms with van der Waals surface area (Å²) >= 11 is 2.16. The van der Waals surface area contributed by atoms with Crippen molar-refractivity contribution in [3.05, 3.63) is 48.0 Å². The zero-order chi connectivity index (χ0) is 15.9. The largest absolute Gasteiger partial charge is 0.497 e. The summed E-state index contributed by atoms with van der Waals surface area (Å²) in [5.41, 5.74) is 1.02. The van der Waals surface area contributed by atoms with Crippen LogP contribution in [-0.2, 0) is 5.75 Å². The third kappa shape index (κ3) is 4.81. The van der Waals surface area contributed by atoms with Crippen LogP contribution in [0.1, 0.15) is 5.56 Å². The van der Waals surface area contributed by atoms with Gasteiger partial charge >= 0.3 is 0 Å². The second-order valence-electron chi connectivity index (χ2n) is 4.33. The van der Waals surface area contributed by atoms with Gasteiger partial charge in [0, 0.05) is 10.6 Å². The average Bonchev–Trinajstić information content (AvgIpc) is 2.54. The fourth-order valence-corrected chi connectivity index (χ4v) is 3.27. The number of thioether (sulfide) groups is 2. The fourth-order valence-electron chi connectivity index (χ4n) is 1.83. The van der Waals surface area contributed by atoms with E-state index in [1.165, 1.54) is 7.11 Å². The van der Waals surface area contributed by atoms with Gasteiger partial charge in [0.1, 0.15) is 11.5 Å². The topological polar surface area (TPSA) is 18.5 Å². The van der Waals surface area contributed by atoms with Gasteiger partial charge < -0.3 is 9.47 Å². The van der Waals surface area contributed by atoms with Gasteiger partial charge in [-0.05, 0) is 42.0 Å². The molecule has 0 aliphatic rings. The van der Waals surface area contributed by atoms with Crippen LogP contribution in [0.3, 0.4) is 0 Å². The molecule has 0 bridgehead atoms. The number of hydrogen-bond donors (Lipinski definition) is 0. The molecule has 22 heavy (non-hydrogen) atoms. The Labute approximate surface area is 137 Å². The van der Waals surface area contributed by atoms with Gasteiger partial charge in [0.05, 0.1) is 19.1 Å². The minimum absolute atomic E-state index is 0.454. The van der Waals surface area contributed by atoms with Gasteiger partial charge in [-0.2, -0.15) is 8.78 Å². The van der Waals surface area contributed by atoms with E-state index >= 15 is 0 Å². The van der Waals surface area contributed by atoms with Gasteiger partial charge in [0.2, 0.25) is 0 Å². The standard InChI is InChI=1S/C16H16F2O2S2/c1-19-12-4-6-13(7-5-12)21-10-11-3-8-15(22-16(17)18)14(9-11)20-2/h3-9,16H,10H2,1-2H3. The molecule has 6 heteroatoms. The molecule has 2 rings (SSSR count). The Kier molecular flexibility index (Phi) is 6.39. The molecule has 0 aliphatic carbocycles. The lowest BCUT2D eigenvalue weighted by molar-refractivity contribution is 0.251. The molecule has 0 unspecified atom stereocenters. The molecule has 2 aromatic rings. The molecule has 0 N–H and O–H groups in total. The predicted octanol–water partition coefficient (Wildman–Crippen LogP) is 5.31. The van der Waals surface area contributed by atoms with Crippen molar-refractivity contribution in [1.82, 2.24) is 0 Å². The van der Waals surface area contributed by atoms with Gasteiger partial charge in [-0.3, -0.25) is 0 Å². The van der Waals surface area contributed by atoms with Crippen LogP contribution in [0.25, 0.3) is 0 Å². The lowest BCUT2D eigenvalue weighted by Gasteiger charge is -2.10. The normalized spacial score (nSPS) is 10.8. The van der Waals surface area contributed by atoms with Crippen LogP contribution in [0.2, 0.25) is 0 Å². The van der Waals surface area contributed by atoms with Crippen molar-refractivity contribution in [3.63, 3.8) is 0 Å². The summed E-state index contributed by atoms with van der Waals surface area (Å²) in [6.07, 6.45) is 0. The fraction of sp³-hybridized carbons (Fsp3) is 0.250. The van der Waals surface area contributed by atoms with E-state index < -0.39 is 5.76 Å². The summed E-state index contributed by atoms with van der Waals surface area (Å²) in [5, 5.41) is 0. The third-order valence-electron chi connectivity index (χ3n) is 2.91. The maximum Gasteiger partial charge on any atom is 0.289 e. The molecule has 0 heterocycles. The van der Waals surface area contributed by atoms with Crippen molar-refractivity contribution in [2.75, 3.05) is 14.2 Å². The van der Waals surface area contributed by atoms with Crippen LogP contribution < -0.4 is 9.47 Å². The van der Waals surface area contributed by atoms with Crippen molar-refractivity contribution in [1.29, 1.82) is 0 Å². The Morgan fingerprint density at radius 2 is 1.73 bits per heavy atom. The van der Waals surface area contributed by atoms with E-state index in [0.717, 1.165) is 22.0 Å². The van der Waals surface area contributed by atoms with Crippen LogP contribution in [0.4, 0.5) is 8.78 Å². The highest BCUT2D eigenvalue weighted by molar-refractivity contribution is 7.99. The molecule has 0 saturated carbocycles. The van der Waals surface area contributed by atoms with Crippen molar-refractivity contribution in [2.24, 2.45) is 0 Å². The monoisotopic (exact) mass is 342 g/mol.